The van der Waals surface area contributed by atoms with E-state index in [1.54, 1.807) is 0 Å². The number of aliphatic carboxylic acids is 1. The van der Waals surface area contributed by atoms with Gasteiger partial charge >= 0.3 is 5.97 Å². The lowest BCUT2D eigenvalue weighted by Crippen LogP contribution is -2.21. The van der Waals surface area contributed by atoms with Gasteiger partial charge < -0.3 is 5.11 Å². The maximum Gasteiger partial charge on any atom is 0.303 e. The Labute approximate surface area is 90.4 Å². The predicted octanol–water partition coefficient (Wildman–Crippen LogP) is 2.70. The quantitative estimate of drug-likeness (QED) is 0.721. The van der Waals surface area contributed by atoms with Crippen LogP contribution in [0.4, 0.5) is 0 Å². The molecule has 2 heteroatoms. The van der Waals surface area contributed by atoms with Crippen molar-refractivity contribution < 1.29 is 9.90 Å². The zero-order chi connectivity index (χ0) is 10.4. The smallest absolute Gasteiger partial charge is 0.303 e. The van der Waals surface area contributed by atoms with Crippen LogP contribution in [0.2, 0.25) is 0 Å². The maximum atomic E-state index is 10.6. The van der Waals surface area contributed by atoms with E-state index in [1.165, 1.54) is 19.3 Å². The average Bonchev–Trinajstić information content (AvgIpc) is 2.94. The Kier molecular flexibility index (Phi) is 2.11. The summed E-state index contributed by atoms with van der Waals surface area (Å²) in [6, 6.07) is 0. The van der Waals surface area contributed by atoms with Crippen LogP contribution in [0, 0.1) is 29.6 Å². The fourth-order valence-electron chi connectivity index (χ4n) is 4.04. The topological polar surface area (TPSA) is 37.3 Å². The Bertz CT molecular complexity index is 308. The molecular weight excluding hydrogens is 188 g/mol. The lowest BCUT2D eigenvalue weighted by molar-refractivity contribution is -0.137. The second-order valence-corrected chi connectivity index (χ2v) is 5.41. The molecule has 0 bridgehead atoms. The molecule has 3 aliphatic carbocycles. The molecule has 0 aromatic rings. The normalized spacial score (nSPS) is 46.0. The number of rotatable bonds is 3. The minimum Gasteiger partial charge on any atom is -0.481 e. The van der Waals surface area contributed by atoms with Crippen molar-refractivity contribution >= 4 is 5.97 Å². The second kappa shape index (κ2) is 3.36. The van der Waals surface area contributed by atoms with Crippen molar-refractivity contribution in [2.75, 3.05) is 0 Å². The van der Waals surface area contributed by atoms with Gasteiger partial charge in [-0.05, 0) is 55.3 Å². The lowest BCUT2D eigenvalue weighted by Gasteiger charge is -2.29. The molecule has 2 saturated carbocycles. The molecule has 3 aliphatic rings. The van der Waals surface area contributed by atoms with Crippen LogP contribution in [0.3, 0.4) is 0 Å². The molecule has 0 radical (unpaired) electrons. The first-order valence-electron chi connectivity index (χ1n) is 6.16. The van der Waals surface area contributed by atoms with Crippen LogP contribution in [0.1, 0.15) is 32.1 Å². The summed E-state index contributed by atoms with van der Waals surface area (Å²) < 4.78 is 0. The molecule has 0 aromatic carbocycles. The number of hydrogen-bond donors (Lipinski definition) is 1. The highest BCUT2D eigenvalue weighted by Gasteiger charge is 2.58. The van der Waals surface area contributed by atoms with E-state index in [1.807, 2.05) is 0 Å². The SMILES string of the molecule is O=C(O)CCC1C2CCC=CC2C2CC21. The number of hydrogen-bond acceptors (Lipinski definition) is 1. The highest BCUT2D eigenvalue weighted by atomic mass is 16.4. The van der Waals surface area contributed by atoms with Crippen LogP contribution in [0.5, 0.6) is 0 Å². The highest BCUT2D eigenvalue weighted by molar-refractivity contribution is 5.66. The summed E-state index contributed by atoms with van der Waals surface area (Å²) in [5.41, 5.74) is 0. The maximum absolute atomic E-state index is 10.6. The third-order valence-corrected chi connectivity index (χ3v) is 4.70. The van der Waals surface area contributed by atoms with Crippen molar-refractivity contribution in [3.63, 3.8) is 0 Å². The third-order valence-electron chi connectivity index (χ3n) is 4.70. The monoisotopic (exact) mass is 206 g/mol. The van der Waals surface area contributed by atoms with Gasteiger partial charge in [0.1, 0.15) is 0 Å². The summed E-state index contributed by atoms with van der Waals surface area (Å²) >= 11 is 0. The van der Waals surface area contributed by atoms with Gasteiger partial charge in [0.05, 0.1) is 0 Å². The molecule has 3 rings (SSSR count). The second-order valence-electron chi connectivity index (χ2n) is 5.41. The third kappa shape index (κ3) is 1.51. The Morgan fingerprint density at radius 1 is 1.33 bits per heavy atom. The van der Waals surface area contributed by atoms with Gasteiger partial charge in [-0.15, -0.1) is 0 Å². The number of allylic oxidation sites excluding steroid dienone is 2. The van der Waals surface area contributed by atoms with E-state index in [9.17, 15) is 4.79 Å². The highest BCUT2D eigenvalue weighted by Crippen LogP contribution is 2.64. The van der Waals surface area contributed by atoms with Gasteiger partial charge in [0.2, 0.25) is 0 Å². The fourth-order valence-corrected chi connectivity index (χ4v) is 4.04. The van der Waals surface area contributed by atoms with Gasteiger partial charge in [-0.3, -0.25) is 4.79 Å². The average molecular weight is 206 g/mol. The number of carboxylic acids is 1. The van der Waals surface area contributed by atoms with Crippen LogP contribution in [-0.4, -0.2) is 11.1 Å². The largest absolute Gasteiger partial charge is 0.481 e. The Hall–Kier alpha value is -0.790. The first kappa shape index (κ1) is 9.44. The molecule has 5 unspecified atom stereocenters. The van der Waals surface area contributed by atoms with Crippen LogP contribution < -0.4 is 0 Å². The summed E-state index contributed by atoms with van der Waals surface area (Å²) in [7, 11) is 0. The van der Waals surface area contributed by atoms with E-state index in [4.69, 9.17) is 5.11 Å². The number of carboxylic acid groups (broad SMARTS) is 1. The predicted molar refractivity (Wildman–Crippen MR) is 57.3 cm³/mol. The Morgan fingerprint density at radius 3 is 3.00 bits per heavy atom. The summed E-state index contributed by atoms with van der Waals surface area (Å²) in [5, 5.41) is 8.76. The summed E-state index contributed by atoms with van der Waals surface area (Å²) in [6.45, 7) is 0. The van der Waals surface area contributed by atoms with Crippen molar-refractivity contribution in [2.24, 2.45) is 29.6 Å². The van der Waals surface area contributed by atoms with Gasteiger partial charge in [-0.2, -0.15) is 0 Å². The van der Waals surface area contributed by atoms with Crippen molar-refractivity contribution in [3.8, 4) is 0 Å². The Balaban J connectivity index is 1.69. The summed E-state index contributed by atoms with van der Waals surface area (Å²) in [4.78, 5) is 10.6. The number of carbonyl (C=O) groups is 1. The number of fused-ring (bicyclic) bond motifs is 3. The van der Waals surface area contributed by atoms with E-state index in [0.717, 1.165) is 36.0 Å². The van der Waals surface area contributed by atoms with Gasteiger partial charge in [0.25, 0.3) is 0 Å². The molecule has 0 spiro atoms. The van der Waals surface area contributed by atoms with E-state index in [2.05, 4.69) is 12.2 Å². The molecule has 2 nitrogen and oxygen atoms in total. The minimum atomic E-state index is -0.623. The molecular formula is C13H18O2. The summed E-state index contributed by atoms with van der Waals surface area (Å²) in [6.07, 6.45) is 9.93. The zero-order valence-corrected chi connectivity index (χ0v) is 8.93. The first-order valence-corrected chi connectivity index (χ1v) is 6.16. The van der Waals surface area contributed by atoms with Gasteiger partial charge in [-0.25, -0.2) is 0 Å². The first-order chi connectivity index (χ1) is 7.27. The Morgan fingerprint density at radius 2 is 2.20 bits per heavy atom. The fraction of sp³-hybridized carbons (Fsp3) is 0.769. The molecule has 0 aliphatic heterocycles. The molecule has 15 heavy (non-hydrogen) atoms. The van der Waals surface area contributed by atoms with Crippen LogP contribution in [0.25, 0.3) is 0 Å². The van der Waals surface area contributed by atoms with Crippen molar-refractivity contribution in [2.45, 2.75) is 32.1 Å². The van der Waals surface area contributed by atoms with E-state index in [-0.39, 0.29) is 0 Å². The molecule has 0 amide bonds. The zero-order valence-electron chi connectivity index (χ0n) is 8.93. The van der Waals surface area contributed by atoms with Gasteiger partial charge in [-0.1, -0.05) is 12.2 Å². The molecule has 2 fully saturated rings. The molecule has 82 valence electrons. The standard InChI is InChI=1S/C13H18O2/c14-13(15)6-5-10-8-3-1-2-4-9(8)11-7-12(10)11/h2,4,8-12H,1,3,5-7H2,(H,14,15). The molecule has 0 heterocycles. The van der Waals surface area contributed by atoms with Gasteiger partial charge in [0, 0.05) is 6.42 Å². The van der Waals surface area contributed by atoms with Crippen LogP contribution in [0.15, 0.2) is 12.2 Å². The lowest BCUT2D eigenvalue weighted by atomic mass is 9.76. The van der Waals surface area contributed by atoms with E-state index in [0.29, 0.717) is 6.42 Å². The van der Waals surface area contributed by atoms with Crippen LogP contribution >= 0.6 is 0 Å². The van der Waals surface area contributed by atoms with Crippen LogP contribution in [-0.2, 0) is 4.79 Å². The molecule has 0 aromatic heterocycles. The van der Waals surface area contributed by atoms with E-state index >= 15 is 0 Å². The molecule has 0 saturated heterocycles. The van der Waals surface area contributed by atoms with E-state index < -0.39 is 5.97 Å². The van der Waals surface area contributed by atoms with Crippen molar-refractivity contribution in [1.29, 1.82) is 0 Å². The van der Waals surface area contributed by atoms with Crippen molar-refractivity contribution in [1.82, 2.24) is 0 Å². The summed E-state index contributed by atoms with van der Waals surface area (Å²) in [5.74, 6) is 3.52. The van der Waals surface area contributed by atoms with Crippen molar-refractivity contribution in [3.05, 3.63) is 12.2 Å². The molecule has 5 atom stereocenters. The van der Waals surface area contributed by atoms with Gasteiger partial charge in [0.15, 0.2) is 0 Å². The molecule has 1 N–H and O–H groups in total. The minimum absolute atomic E-state index is 0.376.